The van der Waals surface area contributed by atoms with Gasteiger partial charge in [0.05, 0.1) is 16.7 Å². The van der Waals surface area contributed by atoms with E-state index in [0.29, 0.717) is 5.92 Å². The quantitative estimate of drug-likeness (QED) is 0.192. The number of hydrogen-bond donors (Lipinski definition) is 4. The number of piperidine rings is 1. The number of nitrogens with one attached hydrogen (secondary N) is 4. The second-order valence-electron chi connectivity index (χ2n) is 11.6. The van der Waals surface area contributed by atoms with E-state index in [1.807, 2.05) is 18.3 Å². The van der Waals surface area contributed by atoms with Crippen LogP contribution in [0.4, 0.5) is 5.82 Å². The molecule has 4 N–H and O–H groups in total. The van der Waals surface area contributed by atoms with Crippen LogP contribution in [0.15, 0.2) is 79.3 Å². The minimum atomic E-state index is 0.679. The Morgan fingerprint density at radius 1 is 1.07 bits per heavy atom. The van der Waals surface area contributed by atoms with Crippen molar-refractivity contribution < 1.29 is 0 Å². The molecule has 8 nitrogen and oxygen atoms in total. The van der Waals surface area contributed by atoms with Crippen LogP contribution in [0.5, 0.6) is 0 Å². The van der Waals surface area contributed by atoms with E-state index in [4.69, 9.17) is 10.1 Å². The van der Waals surface area contributed by atoms with Crippen LogP contribution in [0.1, 0.15) is 31.7 Å². The van der Waals surface area contributed by atoms with Crippen LogP contribution in [0.2, 0.25) is 0 Å². The fraction of sp³-hybridized carbons (Fsp3) is 0.353. The number of allylic oxidation sites excluding steroid dienone is 5. The van der Waals surface area contributed by atoms with Crippen molar-refractivity contribution in [1.82, 2.24) is 35.7 Å². The lowest BCUT2D eigenvalue weighted by Gasteiger charge is -2.33. The molecular weight excluding hydrogens is 520 g/mol. The predicted octanol–water partition coefficient (Wildman–Crippen LogP) is 5.82. The summed E-state index contributed by atoms with van der Waals surface area (Å²) in [4.78, 5) is 13.1. The van der Waals surface area contributed by atoms with E-state index < -0.39 is 0 Å². The van der Waals surface area contributed by atoms with Crippen molar-refractivity contribution >= 4 is 33.2 Å². The summed E-state index contributed by atoms with van der Waals surface area (Å²) in [5.74, 6) is 1.72. The van der Waals surface area contributed by atoms with E-state index in [9.17, 15) is 0 Å². The van der Waals surface area contributed by atoms with E-state index in [1.54, 1.807) is 0 Å². The number of pyridine rings is 1. The van der Waals surface area contributed by atoms with Gasteiger partial charge in [-0.1, -0.05) is 25.3 Å². The molecule has 2 aliphatic heterocycles. The Hall–Kier alpha value is -4.14. The Morgan fingerprint density at radius 2 is 1.88 bits per heavy atom. The lowest BCUT2D eigenvalue weighted by Crippen LogP contribution is -2.44. The average molecular weight is 563 g/mol. The Labute approximate surface area is 248 Å². The maximum Gasteiger partial charge on any atom is 0.138 e. The van der Waals surface area contributed by atoms with E-state index >= 15 is 0 Å². The van der Waals surface area contributed by atoms with Gasteiger partial charge in [-0.05, 0) is 99.8 Å². The molecule has 4 aromatic rings. The van der Waals surface area contributed by atoms with Gasteiger partial charge in [0.2, 0.25) is 0 Å². The van der Waals surface area contributed by atoms with Gasteiger partial charge in [-0.2, -0.15) is 5.10 Å². The predicted molar refractivity (Wildman–Crippen MR) is 175 cm³/mol. The van der Waals surface area contributed by atoms with Gasteiger partial charge in [0.15, 0.2) is 0 Å². The number of anilines is 1. The third-order valence-corrected chi connectivity index (χ3v) is 8.64. The fourth-order valence-corrected chi connectivity index (χ4v) is 6.17. The van der Waals surface area contributed by atoms with Crippen LogP contribution >= 0.6 is 0 Å². The van der Waals surface area contributed by atoms with Crippen molar-refractivity contribution in [1.29, 1.82) is 0 Å². The summed E-state index contributed by atoms with van der Waals surface area (Å²) in [6, 6.07) is 10.7. The van der Waals surface area contributed by atoms with Crippen molar-refractivity contribution in [3.8, 4) is 11.4 Å². The van der Waals surface area contributed by atoms with Gasteiger partial charge in [0.25, 0.3) is 0 Å². The van der Waals surface area contributed by atoms with Crippen molar-refractivity contribution in [3.63, 3.8) is 0 Å². The number of benzene rings is 1. The lowest BCUT2D eigenvalue weighted by molar-refractivity contribution is 0.312. The maximum atomic E-state index is 4.77. The molecule has 6 rings (SSSR count). The number of likely N-dealkylation sites (N-methyl/N-ethyl adjacent to an activating group) is 1. The molecule has 8 heteroatoms. The second-order valence-corrected chi connectivity index (χ2v) is 11.6. The molecule has 1 aromatic carbocycles. The monoisotopic (exact) mass is 562 g/mol. The maximum absolute atomic E-state index is 4.77. The average Bonchev–Trinajstić information content (AvgIpc) is 3.64. The Balaban J connectivity index is 1.27. The highest BCUT2D eigenvalue weighted by atomic mass is 15.3. The highest BCUT2D eigenvalue weighted by molar-refractivity contribution is 6.00. The normalized spacial score (nSPS) is 17.7. The number of fused-ring (bicyclic) bond motifs is 2. The van der Waals surface area contributed by atoms with Crippen molar-refractivity contribution in [2.45, 2.75) is 26.2 Å². The zero-order chi connectivity index (χ0) is 29.1. The number of hydrogen-bond acceptors (Lipinski definition) is 6. The zero-order valence-corrected chi connectivity index (χ0v) is 24.8. The van der Waals surface area contributed by atoms with Crippen LogP contribution in [0.25, 0.3) is 38.8 Å². The molecule has 42 heavy (non-hydrogen) atoms. The first-order valence-corrected chi connectivity index (χ1v) is 15.1. The van der Waals surface area contributed by atoms with Crippen LogP contribution in [0, 0.1) is 5.92 Å². The van der Waals surface area contributed by atoms with Gasteiger partial charge >= 0.3 is 0 Å². The topological polar surface area (TPSA) is 87.9 Å². The molecular formula is C34H42N8. The summed E-state index contributed by atoms with van der Waals surface area (Å²) >= 11 is 0. The van der Waals surface area contributed by atoms with Gasteiger partial charge in [-0.15, -0.1) is 0 Å². The third-order valence-electron chi connectivity index (χ3n) is 8.64. The smallest absolute Gasteiger partial charge is 0.138 e. The molecule has 0 unspecified atom stereocenters. The van der Waals surface area contributed by atoms with Crippen molar-refractivity contribution in [2.75, 3.05) is 51.2 Å². The molecule has 0 radical (unpaired) electrons. The summed E-state index contributed by atoms with van der Waals surface area (Å²) in [5, 5.41) is 17.1. The first-order chi connectivity index (χ1) is 20.5. The van der Waals surface area contributed by atoms with Crippen LogP contribution in [-0.2, 0) is 0 Å². The SMILES string of the molecule is C=C/C(=C\C(=C/C)c1ccc2[nH]nc(-c3cc4c(N5CCN(C)CC5)nccc4[nH]3)c2c1)NC(=C)CC1CCNCC1. The second kappa shape index (κ2) is 12.4. The molecule has 5 heterocycles. The summed E-state index contributed by atoms with van der Waals surface area (Å²) in [7, 11) is 2.17. The molecule has 0 amide bonds. The first-order valence-electron chi connectivity index (χ1n) is 15.1. The Kier molecular flexibility index (Phi) is 8.26. The minimum absolute atomic E-state index is 0.679. The van der Waals surface area contributed by atoms with Crippen molar-refractivity contribution in [2.24, 2.45) is 5.92 Å². The van der Waals surface area contributed by atoms with E-state index in [-0.39, 0.29) is 0 Å². The Morgan fingerprint density at radius 3 is 2.64 bits per heavy atom. The van der Waals surface area contributed by atoms with Crippen LogP contribution in [0.3, 0.4) is 0 Å². The molecule has 2 aliphatic rings. The van der Waals surface area contributed by atoms with Gasteiger partial charge in [-0.3, -0.25) is 5.10 Å². The first kappa shape index (κ1) is 28.0. The molecule has 218 valence electrons. The molecule has 2 saturated heterocycles. The van der Waals surface area contributed by atoms with Crippen molar-refractivity contribution in [3.05, 3.63) is 84.9 Å². The zero-order valence-electron chi connectivity index (χ0n) is 24.8. The number of rotatable bonds is 9. The standard InChI is InChI=1S/C34H42N8/c1-5-25(20-27(6-2)37-23(3)19-24-9-12-35-13-10-24)26-7-8-31-28(21-26)33(40-39-31)32-22-29-30(38-32)11-14-36-34(29)42-17-15-41(4)16-18-42/h5-8,11,14,20-22,24,35,37-38H,2-3,9-10,12-13,15-19H2,1,4H3,(H,39,40)/b25-5+,27-20+. The highest BCUT2D eigenvalue weighted by Crippen LogP contribution is 2.34. The van der Waals surface area contributed by atoms with Crippen LogP contribution < -0.4 is 15.5 Å². The van der Waals surface area contributed by atoms with Gasteiger partial charge < -0.3 is 25.4 Å². The number of nitrogens with zero attached hydrogens (tertiary/aromatic N) is 4. The molecule has 0 bridgehead atoms. The molecule has 0 aliphatic carbocycles. The highest BCUT2D eigenvalue weighted by Gasteiger charge is 2.20. The number of H-pyrrole nitrogens is 2. The van der Waals surface area contributed by atoms with E-state index in [0.717, 1.165) is 107 Å². The van der Waals surface area contributed by atoms with Gasteiger partial charge in [0.1, 0.15) is 11.5 Å². The molecule has 0 atom stereocenters. The van der Waals surface area contributed by atoms with Gasteiger partial charge in [-0.25, -0.2) is 4.98 Å². The number of piperazine rings is 1. The summed E-state index contributed by atoms with van der Waals surface area (Å²) in [6.45, 7) is 16.7. The largest absolute Gasteiger partial charge is 0.359 e. The summed E-state index contributed by atoms with van der Waals surface area (Å²) in [6.07, 6.45) is 11.4. The number of aromatic nitrogens is 4. The molecule has 0 saturated carbocycles. The third kappa shape index (κ3) is 5.91. The number of aromatic amines is 2. The summed E-state index contributed by atoms with van der Waals surface area (Å²) in [5.41, 5.74) is 8.19. The van der Waals surface area contributed by atoms with Crippen LogP contribution in [-0.4, -0.2) is 71.4 Å². The lowest BCUT2D eigenvalue weighted by atomic mass is 9.93. The van der Waals surface area contributed by atoms with E-state index in [1.165, 1.54) is 12.8 Å². The molecule has 3 aromatic heterocycles. The Bertz CT molecular complexity index is 1640. The molecule has 2 fully saturated rings. The minimum Gasteiger partial charge on any atom is -0.359 e. The molecule has 0 spiro atoms. The van der Waals surface area contributed by atoms with E-state index in [2.05, 4.69) is 94.1 Å². The summed E-state index contributed by atoms with van der Waals surface area (Å²) < 4.78 is 0. The van der Waals surface area contributed by atoms with Gasteiger partial charge in [0, 0.05) is 54.5 Å². The fourth-order valence-electron chi connectivity index (χ4n) is 6.17.